The van der Waals surface area contributed by atoms with E-state index in [4.69, 9.17) is 0 Å². The van der Waals surface area contributed by atoms with Crippen molar-refractivity contribution in [3.05, 3.63) is 30.5 Å². The summed E-state index contributed by atoms with van der Waals surface area (Å²) in [5, 5.41) is 1.27. The molecule has 0 radical (unpaired) electrons. The smallest absolute Gasteiger partial charge is 0.0955 e. The Kier molecular flexibility index (Phi) is 2.82. The van der Waals surface area contributed by atoms with Gasteiger partial charge < -0.3 is 9.80 Å². The molecule has 0 spiro atoms. The molecular formula is C15H19N3. The summed E-state index contributed by atoms with van der Waals surface area (Å²) in [6, 6.07) is 8.64. The number of hydrogen-bond acceptors (Lipinski definition) is 3. The molecule has 0 amide bonds. The van der Waals surface area contributed by atoms with Crippen LogP contribution in [0, 0.1) is 0 Å². The highest BCUT2D eigenvalue weighted by molar-refractivity contribution is 5.99. The first-order valence-electron chi connectivity index (χ1n) is 6.57. The van der Waals surface area contributed by atoms with E-state index in [9.17, 15) is 0 Å². The summed E-state index contributed by atoms with van der Waals surface area (Å²) in [7, 11) is 4.14. The lowest BCUT2D eigenvalue weighted by molar-refractivity contribution is 0.949. The number of rotatable bonds is 2. The number of aromatic nitrogens is 1. The van der Waals surface area contributed by atoms with E-state index in [1.165, 1.54) is 42.7 Å². The van der Waals surface area contributed by atoms with Crippen molar-refractivity contribution in [3.8, 4) is 0 Å². The van der Waals surface area contributed by atoms with Gasteiger partial charge in [0.25, 0.3) is 0 Å². The quantitative estimate of drug-likeness (QED) is 0.806. The van der Waals surface area contributed by atoms with Gasteiger partial charge in [0, 0.05) is 44.5 Å². The van der Waals surface area contributed by atoms with Gasteiger partial charge in [0.15, 0.2) is 0 Å². The lowest BCUT2D eigenvalue weighted by atomic mass is 10.1. The predicted molar refractivity (Wildman–Crippen MR) is 77.5 cm³/mol. The van der Waals surface area contributed by atoms with E-state index in [0.717, 1.165) is 5.52 Å². The molecule has 0 unspecified atom stereocenters. The van der Waals surface area contributed by atoms with Crippen molar-refractivity contribution in [3.63, 3.8) is 0 Å². The van der Waals surface area contributed by atoms with Crippen molar-refractivity contribution in [1.29, 1.82) is 0 Å². The second kappa shape index (κ2) is 4.48. The van der Waals surface area contributed by atoms with Gasteiger partial charge >= 0.3 is 0 Å². The molecule has 18 heavy (non-hydrogen) atoms. The van der Waals surface area contributed by atoms with Crippen molar-refractivity contribution in [2.45, 2.75) is 12.8 Å². The molecule has 0 atom stereocenters. The van der Waals surface area contributed by atoms with Crippen LogP contribution in [0.15, 0.2) is 30.5 Å². The average molecular weight is 241 g/mol. The molecule has 0 saturated carbocycles. The Labute approximate surface area is 108 Å². The van der Waals surface area contributed by atoms with E-state index < -0.39 is 0 Å². The fourth-order valence-corrected chi connectivity index (χ4v) is 2.74. The Balaban J connectivity index is 2.19. The summed E-state index contributed by atoms with van der Waals surface area (Å²) >= 11 is 0. The van der Waals surface area contributed by atoms with Crippen LogP contribution in [0.4, 0.5) is 11.4 Å². The maximum atomic E-state index is 4.57. The first-order chi connectivity index (χ1) is 8.77. The second-order valence-electron chi connectivity index (χ2n) is 5.09. The molecule has 2 heterocycles. The predicted octanol–water partition coefficient (Wildman–Crippen LogP) is 2.90. The third-order valence-corrected chi connectivity index (χ3v) is 3.65. The molecule has 94 valence electrons. The highest BCUT2D eigenvalue weighted by Crippen LogP contribution is 2.33. The minimum Gasteiger partial charge on any atom is -0.376 e. The highest BCUT2D eigenvalue weighted by Gasteiger charge is 2.16. The van der Waals surface area contributed by atoms with E-state index in [-0.39, 0.29) is 0 Å². The first kappa shape index (κ1) is 11.3. The summed E-state index contributed by atoms with van der Waals surface area (Å²) in [4.78, 5) is 9.17. The number of hydrogen-bond donors (Lipinski definition) is 0. The van der Waals surface area contributed by atoms with Gasteiger partial charge in [0.2, 0.25) is 0 Å². The topological polar surface area (TPSA) is 19.4 Å². The zero-order valence-electron chi connectivity index (χ0n) is 11.1. The Hall–Kier alpha value is -1.77. The van der Waals surface area contributed by atoms with E-state index in [1.807, 2.05) is 12.3 Å². The van der Waals surface area contributed by atoms with E-state index in [1.54, 1.807) is 0 Å². The van der Waals surface area contributed by atoms with Crippen LogP contribution in [-0.4, -0.2) is 32.2 Å². The monoisotopic (exact) mass is 241 g/mol. The minimum absolute atomic E-state index is 1.10. The lowest BCUT2D eigenvalue weighted by Crippen LogP contribution is -2.18. The van der Waals surface area contributed by atoms with Crippen LogP contribution < -0.4 is 9.80 Å². The van der Waals surface area contributed by atoms with Crippen LogP contribution in [0.1, 0.15) is 12.8 Å². The molecule has 1 saturated heterocycles. The fourth-order valence-electron chi connectivity index (χ4n) is 2.74. The summed E-state index contributed by atoms with van der Waals surface area (Å²) in [5.41, 5.74) is 3.63. The second-order valence-corrected chi connectivity index (χ2v) is 5.09. The molecule has 0 aliphatic carbocycles. The van der Waals surface area contributed by atoms with Crippen molar-refractivity contribution in [2.24, 2.45) is 0 Å². The Bertz CT molecular complexity index is 557. The molecule has 0 bridgehead atoms. The minimum atomic E-state index is 1.10. The fraction of sp³-hybridized carbons (Fsp3) is 0.400. The third-order valence-electron chi connectivity index (χ3n) is 3.65. The van der Waals surface area contributed by atoms with Gasteiger partial charge in [-0.05, 0) is 37.1 Å². The molecule has 0 N–H and O–H groups in total. The van der Waals surface area contributed by atoms with Gasteiger partial charge in [0.05, 0.1) is 11.2 Å². The van der Waals surface area contributed by atoms with Crippen molar-refractivity contribution >= 4 is 22.3 Å². The van der Waals surface area contributed by atoms with Crippen LogP contribution in [0.3, 0.4) is 0 Å². The van der Waals surface area contributed by atoms with Crippen molar-refractivity contribution in [1.82, 2.24) is 4.98 Å². The molecule has 1 aromatic carbocycles. The van der Waals surface area contributed by atoms with Gasteiger partial charge in [-0.3, -0.25) is 4.98 Å². The number of fused-ring (bicyclic) bond motifs is 1. The molecule has 1 fully saturated rings. The van der Waals surface area contributed by atoms with Gasteiger partial charge in [-0.1, -0.05) is 0 Å². The molecule has 1 aromatic heterocycles. The number of anilines is 2. The molecule has 1 aliphatic heterocycles. The van der Waals surface area contributed by atoms with Crippen molar-refractivity contribution in [2.75, 3.05) is 37.0 Å². The molecular weight excluding hydrogens is 222 g/mol. The first-order valence-corrected chi connectivity index (χ1v) is 6.57. The zero-order chi connectivity index (χ0) is 12.5. The van der Waals surface area contributed by atoms with Crippen LogP contribution in [0.25, 0.3) is 10.9 Å². The largest absolute Gasteiger partial charge is 0.376 e. The number of benzene rings is 1. The van der Waals surface area contributed by atoms with Crippen LogP contribution in [0.5, 0.6) is 0 Å². The standard InChI is InChI=1S/C15H19N3/c1-17(2)14-8-7-13(18-10-3-4-11-18)12-6-5-9-16-15(12)14/h5-9H,3-4,10-11H2,1-2H3. The van der Waals surface area contributed by atoms with E-state index in [2.05, 4.69) is 47.1 Å². The Morgan fingerprint density at radius 2 is 1.89 bits per heavy atom. The Morgan fingerprint density at radius 1 is 1.11 bits per heavy atom. The van der Waals surface area contributed by atoms with Gasteiger partial charge in [-0.2, -0.15) is 0 Å². The summed E-state index contributed by atoms with van der Waals surface area (Å²) in [6.45, 7) is 2.34. The van der Waals surface area contributed by atoms with Gasteiger partial charge in [-0.15, -0.1) is 0 Å². The van der Waals surface area contributed by atoms with Gasteiger partial charge in [-0.25, -0.2) is 0 Å². The van der Waals surface area contributed by atoms with Crippen molar-refractivity contribution < 1.29 is 0 Å². The SMILES string of the molecule is CN(C)c1ccc(N2CCCC2)c2cccnc12. The summed E-state index contributed by atoms with van der Waals surface area (Å²) in [5.74, 6) is 0. The molecule has 3 heteroatoms. The van der Waals surface area contributed by atoms with Crippen LogP contribution in [0.2, 0.25) is 0 Å². The molecule has 3 nitrogen and oxygen atoms in total. The maximum absolute atomic E-state index is 4.57. The molecule has 2 aromatic rings. The zero-order valence-corrected chi connectivity index (χ0v) is 11.1. The Morgan fingerprint density at radius 3 is 2.61 bits per heavy atom. The average Bonchev–Trinajstić information content (AvgIpc) is 2.91. The number of pyridine rings is 1. The normalized spacial score (nSPS) is 15.3. The third kappa shape index (κ3) is 1.80. The van der Waals surface area contributed by atoms with Gasteiger partial charge in [0.1, 0.15) is 0 Å². The maximum Gasteiger partial charge on any atom is 0.0955 e. The summed E-state index contributed by atoms with van der Waals surface area (Å²) < 4.78 is 0. The highest BCUT2D eigenvalue weighted by atomic mass is 15.1. The van der Waals surface area contributed by atoms with Crippen LogP contribution in [-0.2, 0) is 0 Å². The number of nitrogens with zero attached hydrogens (tertiary/aromatic N) is 3. The van der Waals surface area contributed by atoms with E-state index >= 15 is 0 Å². The van der Waals surface area contributed by atoms with Crippen LogP contribution >= 0.6 is 0 Å². The summed E-state index contributed by atoms with van der Waals surface area (Å²) in [6.07, 6.45) is 4.48. The van der Waals surface area contributed by atoms with E-state index in [0.29, 0.717) is 0 Å². The lowest BCUT2D eigenvalue weighted by Gasteiger charge is -2.22. The molecule has 1 aliphatic rings. The molecule has 3 rings (SSSR count).